The van der Waals surface area contributed by atoms with E-state index in [0.717, 1.165) is 6.42 Å². The lowest BCUT2D eigenvalue weighted by molar-refractivity contribution is -0.143. The largest absolute Gasteiger partial charge is 0.480 e. The van der Waals surface area contributed by atoms with E-state index in [1.165, 1.54) is 0 Å². The quantitative estimate of drug-likeness (QED) is 0.602. The molecular weight excluding hydrogens is 222 g/mol. The van der Waals surface area contributed by atoms with E-state index in [9.17, 15) is 4.79 Å². The van der Waals surface area contributed by atoms with Crippen molar-refractivity contribution in [1.82, 2.24) is 0 Å². The maximum Gasteiger partial charge on any atom is 0.329 e. The molecular formula is C12H25NO4. The number of carbonyl (C=O) groups is 1. The van der Waals surface area contributed by atoms with Gasteiger partial charge in [-0.3, -0.25) is 0 Å². The van der Waals surface area contributed by atoms with Crippen molar-refractivity contribution in [2.45, 2.75) is 51.7 Å². The van der Waals surface area contributed by atoms with Gasteiger partial charge >= 0.3 is 5.97 Å². The normalized spacial score (nSPS) is 12.8. The topological polar surface area (TPSA) is 81.8 Å². The van der Waals surface area contributed by atoms with Crippen LogP contribution in [0.1, 0.15) is 40.5 Å². The van der Waals surface area contributed by atoms with Crippen molar-refractivity contribution in [2.24, 2.45) is 5.73 Å². The zero-order valence-corrected chi connectivity index (χ0v) is 11.3. The van der Waals surface area contributed by atoms with Gasteiger partial charge in [-0.25, -0.2) is 4.79 Å². The molecule has 0 rings (SSSR count). The van der Waals surface area contributed by atoms with Crippen LogP contribution in [0.5, 0.6) is 0 Å². The first-order valence-corrected chi connectivity index (χ1v) is 5.85. The molecule has 102 valence electrons. The first kappa shape index (κ1) is 16.4. The number of hydrogen-bond donors (Lipinski definition) is 2. The molecule has 0 saturated carbocycles. The molecule has 0 fully saturated rings. The second kappa shape index (κ2) is 6.93. The van der Waals surface area contributed by atoms with Gasteiger partial charge in [-0.1, -0.05) is 0 Å². The molecule has 0 spiro atoms. The summed E-state index contributed by atoms with van der Waals surface area (Å²) in [6.45, 7) is 8.55. The molecule has 0 radical (unpaired) electrons. The smallest absolute Gasteiger partial charge is 0.329 e. The molecule has 0 aromatic heterocycles. The highest BCUT2D eigenvalue weighted by molar-refractivity contribution is 5.67. The summed E-state index contributed by atoms with van der Waals surface area (Å²) in [4.78, 5) is 10.2. The van der Waals surface area contributed by atoms with Crippen LogP contribution in [0.15, 0.2) is 0 Å². The van der Waals surface area contributed by atoms with E-state index >= 15 is 0 Å². The monoisotopic (exact) mass is 247 g/mol. The molecule has 0 atom stereocenters. The molecule has 0 aromatic carbocycles. The van der Waals surface area contributed by atoms with Crippen molar-refractivity contribution in [3.8, 4) is 0 Å². The summed E-state index contributed by atoms with van der Waals surface area (Å²) in [5.74, 6) is -0.950. The van der Waals surface area contributed by atoms with Crippen LogP contribution in [0.4, 0.5) is 0 Å². The highest BCUT2D eigenvalue weighted by Gasteiger charge is 2.20. The molecule has 5 heteroatoms. The molecule has 0 aliphatic heterocycles. The molecule has 3 N–H and O–H groups in total. The average Bonchev–Trinajstić information content (AvgIpc) is 2.09. The molecule has 0 heterocycles. The zero-order chi connectivity index (χ0) is 13.5. The average molecular weight is 247 g/mol. The van der Waals surface area contributed by atoms with Crippen LogP contribution in [0, 0.1) is 0 Å². The molecule has 0 aliphatic rings. The summed E-state index contributed by atoms with van der Waals surface area (Å²) in [6, 6.07) is 0. The van der Waals surface area contributed by atoms with Crippen molar-refractivity contribution >= 4 is 5.97 Å². The SMILES string of the molecule is CC(C)(N)CCOC(C)(C)CCOCC(=O)O. The molecule has 0 aliphatic carbocycles. The molecule has 5 nitrogen and oxygen atoms in total. The Morgan fingerprint density at radius 1 is 1.18 bits per heavy atom. The Morgan fingerprint density at radius 3 is 2.24 bits per heavy atom. The van der Waals surface area contributed by atoms with Crippen molar-refractivity contribution < 1.29 is 19.4 Å². The van der Waals surface area contributed by atoms with Crippen LogP contribution in [-0.2, 0) is 14.3 Å². The summed E-state index contributed by atoms with van der Waals surface area (Å²) < 4.78 is 10.7. The minimum Gasteiger partial charge on any atom is -0.480 e. The van der Waals surface area contributed by atoms with E-state index < -0.39 is 5.97 Å². The lowest BCUT2D eigenvalue weighted by Crippen LogP contribution is -2.35. The summed E-state index contributed by atoms with van der Waals surface area (Å²) in [6.07, 6.45) is 1.44. The van der Waals surface area contributed by atoms with Crippen LogP contribution >= 0.6 is 0 Å². The fourth-order valence-corrected chi connectivity index (χ4v) is 1.14. The van der Waals surface area contributed by atoms with E-state index in [4.69, 9.17) is 20.3 Å². The second-order valence-corrected chi connectivity index (χ2v) is 5.54. The van der Waals surface area contributed by atoms with Crippen molar-refractivity contribution in [1.29, 1.82) is 0 Å². The number of ether oxygens (including phenoxy) is 2. The van der Waals surface area contributed by atoms with Gasteiger partial charge in [0.05, 0.1) is 12.2 Å². The molecule has 0 bridgehead atoms. The summed E-state index contributed by atoms with van der Waals surface area (Å²) in [7, 11) is 0. The second-order valence-electron chi connectivity index (χ2n) is 5.54. The van der Waals surface area contributed by atoms with Gasteiger partial charge in [0.25, 0.3) is 0 Å². The number of aliphatic carboxylic acids is 1. The van der Waals surface area contributed by atoms with Crippen LogP contribution < -0.4 is 5.73 Å². The Morgan fingerprint density at radius 2 is 1.76 bits per heavy atom. The third-order valence-corrected chi connectivity index (χ3v) is 2.31. The maximum absolute atomic E-state index is 10.2. The first-order valence-electron chi connectivity index (χ1n) is 5.85. The molecule has 0 unspecified atom stereocenters. The predicted octanol–water partition coefficient (Wildman–Crippen LogP) is 1.40. The van der Waals surface area contributed by atoms with E-state index in [-0.39, 0.29) is 17.7 Å². The van der Waals surface area contributed by atoms with E-state index in [1.54, 1.807) is 0 Å². The Kier molecular flexibility index (Phi) is 6.67. The number of carboxylic acids is 1. The molecule has 0 aromatic rings. The van der Waals surface area contributed by atoms with E-state index in [1.807, 2.05) is 27.7 Å². The molecule has 0 amide bonds. The third-order valence-electron chi connectivity index (χ3n) is 2.31. The minimum atomic E-state index is -0.950. The van der Waals surface area contributed by atoms with Crippen LogP contribution in [0.25, 0.3) is 0 Å². The van der Waals surface area contributed by atoms with Gasteiger partial charge in [0, 0.05) is 12.1 Å². The zero-order valence-electron chi connectivity index (χ0n) is 11.3. The van der Waals surface area contributed by atoms with E-state index in [2.05, 4.69) is 0 Å². The standard InChI is InChI=1S/C12H25NO4/c1-11(2,13)5-8-17-12(3,4)6-7-16-9-10(14)15/h5-9,13H2,1-4H3,(H,14,15). The lowest BCUT2D eigenvalue weighted by atomic mass is 10.0. The van der Waals surface area contributed by atoms with Crippen molar-refractivity contribution in [2.75, 3.05) is 19.8 Å². The van der Waals surface area contributed by atoms with Gasteiger partial charge in [-0.2, -0.15) is 0 Å². The van der Waals surface area contributed by atoms with Gasteiger partial charge < -0.3 is 20.3 Å². The number of rotatable bonds is 9. The Bertz CT molecular complexity index is 233. The number of carboxylic acid groups (broad SMARTS) is 1. The van der Waals surface area contributed by atoms with Crippen molar-refractivity contribution in [3.05, 3.63) is 0 Å². The van der Waals surface area contributed by atoms with Gasteiger partial charge in [-0.05, 0) is 40.5 Å². The fraction of sp³-hybridized carbons (Fsp3) is 0.917. The Hall–Kier alpha value is -0.650. The van der Waals surface area contributed by atoms with E-state index in [0.29, 0.717) is 19.6 Å². The Balaban J connectivity index is 3.69. The molecule has 17 heavy (non-hydrogen) atoms. The highest BCUT2D eigenvalue weighted by atomic mass is 16.5. The van der Waals surface area contributed by atoms with Gasteiger partial charge in [-0.15, -0.1) is 0 Å². The first-order chi connectivity index (χ1) is 7.62. The Labute approximate surface area is 103 Å². The number of nitrogens with two attached hydrogens (primary N) is 1. The van der Waals surface area contributed by atoms with Gasteiger partial charge in [0.15, 0.2) is 0 Å². The molecule has 0 saturated heterocycles. The predicted molar refractivity (Wildman–Crippen MR) is 66.0 cm³/mol. The summed E-state index contributed by atoms with van der Waals surface area (Å²) >= 11 is 0. The minimum absolute atomic E-state index is 0.226. The lowest BCUT2D eigenvalue weighted by Gasteiger charge is -2.27. The fourth-order valence-electron chi connectivity index (χ4n) is 1.14. The van der Waals surface area contributed by atoms with Crippen LogP contribution in [0.2, 0.25) is 0 Å². The third kappa shape index (κ3) is 11.6. The van der Waals surface area contributed by atoms with Crippen LogP contribution in [-0.4, -0.2) is 42.0 Å². The van der Waals surface area contributed by atoms with Crippen molar-refractivity contribution in [3.63, 3.8) is 0 Å². The summed E-state index contributed by atoms with van der Waals surface area (Å²) in [5.41, 5.74) is 5.31. The number of hydrogen-bond acceptors (Lipinski definition) is 4. The summed E-state index contributed by atoms with van der Waals surface area (Å²) in [5, 5.41) is 8.40. The van der Waals surface area contributed by atoms with Crippen LogP contribution in [0.3, 0.4) is 0 Å². The maximum atomic E-state index is 10.2. The van der Waals surface area contributed by atoms with Gasteiger partial charge in [0.1, 0.15) is 6.61 Å². The highest BCUT2D eigenvalue weighted by Crippen LogP contribution is 2.16. The van der Waals surface area contributed by atoms with Gasteiger partial charge in [0.2, 0.25) is 0 Å².